The van der Waals surface area contributed by atoms with E-state index < -0.39 is 5.97 Å². The van der Waals surface area contributed by atoms with Gasteiger partial charge < -0.3 is 15.2 Å². The molecule has 0 aliphatic heterocycles. The number of benzene rings is 1. The summed E-state index contributed by atoms with van der Waals surface area (Å²) in [7, 11) is 0. The number of oxime groups is 1. The van der Waals surface area contributed by atoms with Gasteiger partial charge in [0.15, 0.2) is 0 Å². The normalized spacial score (nSPS) is 11.1. The molecule has 0 saturated carbocycles. The molecule has 4 N–H and O–H groups in total. The third-order valence-electron chi connectivity index (χ3n) is 1.59. The van der Waals surface area contributed by atoms with Crippen molar-refractivity contribution in [2.75, 3.05) is 0 Å². The van der Waals surface area contributed by atoms with E-state index in [1.54, 1.807) is 12.1 Å². The Morgan fingerprint density at radius 3 is 2.36 bits per heavy atom. The molecule has 0 amide bonds. The number of carboxylic acid groups (broad SMARTS) is 1. The third-order valence-corrected chi connectivity index (χ3v) is 1.59. The lowest BCUT2D eigenvalue weighted by Crippen LogP contribution is -2.15. The van der Waals surface area contributed by atoms with Crippen LogP contribution >= 0.6 is 0 Å². The predicted molar refractivity (Wildman–Crippen MR) is 47.0 cm³/mol. The van der Waals surface area contributed by atoms with E-state index in [-0.39, 0.29) is 17.0 Å². The van der Waals surface area contributed by atoms with Gasteiger partial charge in [0.1, 0.15) is 0 Å². The van der Waals surface area contributed by atoms with Crippen LogP contribution in [0.1, 0.15) is 15.9 Å². The number of hydrogen-bond acceptors (Lipinski definition) is 5. The van der Waals surface area contributed by atoms with E-state index in [0.29, 0.717) is 0 Å². The van der Waals surface area contributed by atoms with Crippen molar-refractivity contribution in [3.8, 4) is 0 Å². The van der Waals surface area contributed by atoms with E-state index in [1.165, 1.54) is 12.1 Å². The molecule has 0 radical (unpaired) electrons. The van der Waals surface area contributed by atoms with Crippen LogP contribution in [0.2, 0.25) is 0 Å². The topological polar surface area (TPSA) is 105 Å². The van der Waals surface area contributed by atoms with Gasteiger partial charge in [0.05, 0.1) is 11.1 Å². The summed E-state index contributed by atoms with van der Waals surface area (Å²) in [6.45, 7) is 0. The van der Waals surface area contributed by atoms with Crippen LogP contribution in [-0.2, 0) is 4.84 Å². The average molecular weight is 196 g/mol. The Labute approximate surface area is 79.2 Å². The SMILES string of the molecule is NOC(=NO)c1ccccc1C(=O)O. The zero-order valence-corrected chi connectivity index (χ0v) is 7.04. The predicted octanol–water partition coefficient (Wildman–Crippen LogP) is 0.411. The maximum atomic E-state index is 10.7. The summed E-state index contributed by atoms with van der Waals surface area (Å²) in [6, 6.07) is 5.89. The van der Waals surface area contributed by atoms with Gasteiger partial charge in [0.25, 0.3) is 5.90 Å². The number of rotatable bonds is 2. The smallest absolute Gasteiger partial charge is 0.336 e. The van der Waals surface area contributed by atoms with Gasteiger partial charge in [-0.15, -0.1) is 0 Å². The van der Waals surface area contributed by atoms with Crippen LogP contribution in [0.3, 0.4) is 0 Å². The average Bonchev–Trinajstić information content (AvgIpc) is 2.20. The van der Waals surface area contributed by atoms with E-state index in [0.717, 1.165) is 0 Å². The molecule has 0 aliphatic carbocycles. The molecule has 1 rings (SSSR count). The molecule has 0 atom stereocenters. The molecular weight excluding hydrogens is 188 g/mol. The maximum Gasteiger partial charge on any atom is 0.336 e. The summed E-state index contributed by atoms with van der Waals surface area (Å²) in [5.74, 6) is 3.30. The van der Waals surface area contributed by atoms with Crippen LogP contribution < -0.4 is 5.90 Å². The van der Waals surface area contributed by atoms with Crippen molar-refractivity contribution in [2.45, 2.75) is 0 Å². The molecule has 14 heavy (non-hydrogen) atoms. The van der Waals surface area contributed by atoms with Gasteiger partial charge in [0.2, 0.25) is 0 Å². The largest absolute Gasteiger partial charge is 0.478 e. The third kappa shape index (κ3) is 1.80. The van der Waals surface area contributed by atoms with Crippen LogP contribution in [-0.4, -0.2) is 22.2 Å². The molecule has 0 bridgehead atoms. The number of aromatic carboxylic acids is 1. The molecule has 0 heterocycles. The molecule has 0 aliphatic rings. The molecule has 1 aromatic rings. The van der Waals surface area contributed by atoms with Gasteiger partial charge >= 0.3 is 5.97 Å². The first-order valence-electron chi connectivity index (χ1n) is 3.62. The van der Waals surface area contributed by atoms with E-state index in [2.05, 4.69) is 9.99 Å². The molecule has 74 valence electrons. The van der Waals surface area contributed by atoms with E-state index >= 15 is 0 Å². The second-order valence-corrected chi connectivity index (χ2v) is 2.37. The first-order chi connectivity index (χ1) is 6.70. The van der Waals surface area contributed by atoms with Gasteiger partial charge in [0, 0.05) is 0 Å². The molecule has 0 spiro atoms. The van der Waals surface area contributed by atoms with Crippen LogP contribution in [0.4, 0.5) is 0 Å². The van der Waals surface area contributed by atoms with Crippen LogP contribution in [0, 0.1) is 0 Å². The van der Waals surface area contributed by atoms with Crippen molar-refractivity contribution in [2.24, 2.45) is 11.1 Å². The van der Waals surface area contributed by atoms with E-state index in [9.17, 15) is 4.79 Å². The van der Waals surface area contributed by atoms with Crippen LogP contribution in [0.15, 0.2) is 29.4 Å². The zero-order chi connectivity index (χ0) is 10.6. The van der Waals surface area contributed by atoms with Gasteiger partial charge in [-0.2, -0.15) is 5.90 Å². The number of nitrogens with zero attached hydrogens (tertiary/aromatic N) is 1. The maximum absolute atomic E-state index is 10.7. The van der Waals surface area contributed by atoms with Crippen molar-refractivity contribution in [1.82, 2.24) is 0 Å². The molecule has 0 fully saturated rings. The van der Waals surface area contributed by atoms with Crippen molar-refractivity contribution in [3.05, 3.63) is 35.4 Å². The van der Waals surface area contributed by atoms with Gasteiger partial charge in [-0.05, 0) is 17.3 Å². The minimum atomic E-state index is -1.15. The van der Waals surface area contributed by atoms with E-state index in [1.807, 2.05) is 0 Å². The standard InChI is InChI=1S/C8H8N2O4/c9-14-7(10-13)5-3-1-2-4-6(5)8(11)12/h1-4,13H,9H2,(H,11,12). The number of carbonyl (C=O) groups is 1. The molecule has 0 saturated heterocycles. The molecular formula is C8H8N2O4. The number of nitrogens with two attached hydrogens (primary N) is 1. The first-order valence-corrected chi connectivity index (χ1v) is 3.62. The lowest BCUT2D eigenvalue weighted by molar-refractivity contribution is 0.0696. The number of carboxylic acids is 1. The molecule has 0 aromatic heterocycles. The Morgan fingerprint density at radius 1 is 1.36 bits per heavy atom. The Hall–Kier alpha value is -2.08. The van der Waals surface area contributed by atoms with Gasteiger partial charge in [-0.25, -0.2) is 4.79 Å². The fraction of sp³-hybridized carbons (Fsp3) is 0. The molecule has 0 unspecified atom stereocenters. The summed E-state index contributed by atoms with van der Waals surface area (Å²) in [5, 5.41) is 20.0. The monoisotopic (exact) mass is 196 g/mol. The minimum absolute atomic E-state index is 0.0502. The molecule has 1 aromatic carbocycles. The second kappa shape index (κ2) is 4.24. The Kier molecular flexibility index (Phi) is 3.03. The lowest BCUT2D eigenvalue weighted by atomic mass is 10.1. The Morgan fingerprint density at radius 2 is 1.93 bits per heavy atom. The Bertz CT molecular complexity index is 375. The highest BCUT2D eigenvalue weighted by Gasteiger charge is 2.15. The summed E-state index contributed by atoms with van der Waals surface area (Å²) >= 11 is 0. The summed E-state index contributed by atoms with van der Waals surface area (Å²) in [4.78, 5) is 14.9. The molecule has 6 nitrogen and oxygen atoms in total. The van der Waals surface area contributed by atoms with Crippen molar-refractivity contribution >= 4 is 11.9 Å². The van der Waals surface area contributed by atoms with Gasteiger partial charge in [-0.3, -0.25) is 0 Å². The highest BCUT2D eigenvalue weighted by atomic mass is 16.6. The fourth-order valence-electron chi connectivity index (χ4n) is 0.997. The van der Waals surface area contributed by atoms with Crippen molar-refractivity contribution in [1.29, 1.82) is 0 Å². The molecule has 6 heteroatoms. The van der Waals surface area contributed by atoms with Crippen molar-refractivity contribution in [3.63, 3.8) is 0 Å². The summed E-state index contributed by atoms with van der Waals surface area (Å²) in [6.07, 6.45) is 0. The second-order valence-electron chi connectivity index (χ2n) is 2.37. The zero-order valence-electron chi connectivity index (χ0n) is 7.04. The first kappa shape index (κ1) is 10.0. The summed E-state index contributed by atoms with van der Waals surface area (Å²) < 4.78 is 0. The van der Waals surface area contributed by atoms with Crippen molar-refractivity contribution < 1.29 is 19.9 Å². The Balaban J connectivity index is 3.26. The van der Waals surface area contributed by atoms with Gasteiger partial charge in [-0.1, -0.05) is 12.1 Å². The summed E-state index contributed by atoms with van der Waals surface area (Å²) in [5.41, 5.74) is 0.0655. The highest BCUT2D eigenvalue weighted by molar-refractivity contribution is 6.04. The van der Waals surface area contributed by atoms with Crippen LogP contribution in [0.5, 0.6) is 0 Å². The quantitative estimate of drug-likeness (QED) is 0.275. The lowest BCUT2D eigenvalue weighted by Gasteiger charge is -2.04. The number of hydrogen-bond donors (Lipinski definition) is 3. The minimum Gasteiger partial charge on any atom is -0.478 e. The van der Waals surface area contributed by atoms with E-state index in [4.69, 9.17) is 16.2 Å². The highest BCUT2D eigenvalue weighted by Crippen LogP contribution is 2.09. The fourth-order valence-corrected chi connectivity index (χ4v) is 0.997. The van der Waals surface area contributed by atoms with Crippen LogP contribution in [0.25, 0.3) is 0 Å².